The Morgan fingerprint density at radius 2 is 1.87 bits per heavy atom. The topological polar surface area (TPSA) is 78.5 Å². The highest BCUT2D eigenvalue weighted by atomic mass is 16.5. The van der Waals surface area contributed by atoms with E-state index in [0.717, 1.165) is 30.4 Å². The zero-order valence-electron chi connectivity index (χ0n) is 8.48. The van der Waals surface area contributed by atoms with Gasteiger partial charge in [0, 0.05) is 0 Å². The fraction of sp³-hybridized carbons (Fsp3) is 0.455. The molecule has 1 aromatic carbocycles. The summed E-state index contributed by atoms with van der Waals surface area (Å²) in [7, 11) is 0. The minimum Gasteiger partial charge on any atom is -0.385 e. The number of hydrogen-bond acceptors (Lipinski definition) is 4. The predicted molar refractivity (Wildman–Crippen MR) is 56.0 cm³/mol. The lowest BCUT2D eigenvalue weighted by Crippen LogP contribution is -2.33. The number of hydrogen-bond donors (Lipinski definition) is 4. The molecular formula is C11H16N2O2. The molecule has 0 aliphatic heterocycles. The summed E-state index contributed by atoms with van der Waals surface area (Å²) in [6.07, 6.45) is 2.17. The summed E-state index contributed by atoms with van der Waals surface area (Å²) in [4.78, 5) is 0. The fourth-order valence-corrected chi connectivity index (χ4v) is 1.88. The monoisotopic (exact) mass is 208 g/mol. The van der Waals surface area contributed by atoms with E-state index >= 15 is 0 Å². The van der Waals surface area contributed by atoms with E-state index in [4.69, 9.17) is 10.9 Å². The minimum atomic E-state index is -0.630. The van der Waals surface area contributed by atoms with Crippen molar-refractivity contribution in [3.05, 3.63) is 35.4 Å². The van der Waals surface area contributed by atoms with Gasteiger partial charge in [-0.3, -0.25) is 0 Å². The van der Waals surface area contributed by atoms with Crippen molar-refractivity contribution in [2.45, 2.75) is 31.0 Å². The molecule has 1 aromatic rings. The number of aliphatic hydroxyl groups is 1. The van der Waals surface area contributed by atoms with Crippen LogP contribution in [0.2, 0.25) is 0 Å². The van der Waals surface area contributed by atoms with Crippen molar-refractivity contribution in [2.24, 2.45) is 5.73 Å². The molecule has 15 heavy (non-hydrogen) atoms. The molecule has 0 amide bonds. The molecule has 1 aliphatic rings. The van der Waals surface area contributed by atoms with Gasteiger partial charge in [0.05, 0.1) is 5.60 Å². The highest BCUT2D eigenvalue weighted by molar-refractivity contribution is 5.29. The van der Waals surface area contributed by atoms with Crippen LogP contribution >= 0.6 is 0 Å². The molecule has 1 fully saturated rings. The van der Waals surface area contributed by atoms with Gasteiger partial charge in [-0.15, -0.1) is 0 Å². The highest BCUT2D eigenvalue weighted by Gasteiger charge is 2.35. The molecule has 0 radical (unpaired) electrons. The fourth-order valence-electron chi connectivity index (χ4n) is 1.88. The molecule has 4 nitrogen and oxygen atoms in total. The Morgan fingerprint density at radius 1 is 1.27 bits per heavy atom. The molecule has 0 bridgehead atoms. The van der Waals surface area contributed by atoms with Crippen molar-refractivity contribution >= 4 is 0 Å². The number of rotatable bonds is 3. The maximum atomic E-state index is 10.1. The van der Waals surface area contributed by atoms with Crippen molar-refractivity contribution in [2.75, 3.05) is 0 Å². The standard InChI is InChI=1S/C11H16N2O2/c12-10(13-15)8-2-4-9(5-3-8)11(14)6-1-7-11/h2-5,10,13-15H,1,6-7,12H2. The number of nitrogens with one attached hydrogen (secondary N) is 1. The second-order valence-electron chi connectivity index (χ2n) is 4.11. The molecule has 0 heterocycles. The van der Waals surface area contributed by atoms with Crippen molar-refractivity contribution < 1.29 is 10.3 Å². The zero-order valence-corrected chi connectivity index (χ0v) is 8.48. The van der Waals surface area contributed by atoms with Crippen LogP contribution in [-0.4, -0.2) is 10.3 Å². The molecule has 1 saturated carbocycles. The minimum absolute atomic E-state index is 0.574. The lowest BCUT2D eigenvalue weighted by Gasteiger charge is -2.37. The quantitative estimate of drug-likeness (QED) is 0.441. The Balaban J connectivity index is 2.17. The SMILES string of the molecule is NC(NO)c1ccc(C2(O)CCC2)cc1. The molecule has 4 heteroatoms. The number of hydroxylamine groups is 1. The maximum absolute atomic E-state index is 10.1. The van der Waals surface area contributed by atoms with Gasteiger partial charge in [0.1, 0.15) is 6.17 Å². The van der Waals surface area contributed by atoms with Gasteiger partial charge in [-0.1, -0.05) is 24.3 Å². The Bertz CT molecular complexity index is 333. The summed E-state index contributed by atoms with van der Waals surface area (Å²) in [5.74, 6) is 0. The van der Waals surface area contributed by atoms with Crippen LogP contribution < -0.4 is 11.2 Å². The number of benzene rings is 1. The highest BCUT2D eigenvalue weighted by Crippen LogP contribution is 2.40. The third kappa shape index (κ3) is 1.89. The Morgan fingerprint density at radius 3 is 2.27 bits per heavy atom. The molecule has 0 spiro atoms. The third-order valence-corrected chi connectivity index (χ3v) is 3.13. The van der Waals surface area contributed by atoms with Crippen LogP contribution in [-0.2, 0) is 5.60 Å². The summed E-state index contributed by atoms with van der Waals surface area (Å²) in [6.45, 7) is 0. The summed E-state index contributed by atoms with van der Waals surface area (Å²) in [5, 5.41) is 18.7. The first-order valence-electron chi connectivity index (χ1n) is 5.14. The van der Waals surface area contributed by atoms with Gasteiger partial charge < -0.3 is 16.0 Å². The normalized spacial score (nSPS) is 20.7. The second kappa shape index (κ2) is 3.90. The van der Waals surface area contributed by atoms with Gasteiger partial charge in [-0.25, -0.2) is 0 Å². The lowest BCUT2D eigenvalue weighted by molar-refractivity contribution is -0.0388. The molecule has 82 valence electrons. The van der Waals surface area contributed by atoms with Gasteiger partial charge in [-0.05, 0) is 30.4 Å². The first-order chi connectivity index (χ1) is 7.15. The predicted octanol–water partition coefficient (Wildman–Crippen LogP) is 0.994. The average Bonchev–Trinajstić information content (AvgIpc) is 2.25. The molecular weight excluding hydrogens is 192 g/mol. The molecule has 0 saturated heterocycles. The van der Waals surface area contributed by atoms with Crippen LogP contribution in [0, 0.1) is 0 Å². The summed E-state index contributed by atoms with van der Waals surface area (Å²) in [6, 6.07) is 7.37. The molecule has 1 aliphatic carbocycles. The third-order valence-electron chi connectivity index (χ3n) is 3.13. The van der Waals surface area contributed by atoms with Gasteiger partial charge in [0.25, 0.3) is 0 Å². The van der Waals surface area contributed by atoms with E-state index < -0.39 is 11.8 Å². The first kappa shape index (κ1) is 10.6. The van der Waals surface area contributed by atoms with Crippen LogP contribution in [0.15, 0.2) is 24.3 Å². The van der Waals surface area contributed by atoms with Crippen LogP contribution in [0.3, 0.4) is 0 Å². The molecule has 0 aromatic heterocycles. The molecule has 2 rings (SSSR count). The summed E-state index contributed by atoms with van der Waals surface area (Å²) in [5.41, 5.74) is 8.66. The maximum Gasteiger partial charge on any atom is 0.104 e. The smallest absolute Gasteiger partial charge is 0.104 e. The van der Waals surface area contributed by atoms with E-state index in [2.05, 4.69) is 0 Å². The van der Waals surface area contributed by atoms with Gasteiger partial charge >= 0.3 is 0 Å². The van der Waals surface area contributed by atoms with E-state index in [1.165, 1.54) is 0 Å². The zero-order chi connectivity index (χ0) is 10.9. The van der Waals surface area contributed by atoms with E-state index in [0.29, 0.717) is 0 Å². The van der Waals surface area contributed by atoms with Crippen LogP contribution in [0.1, 0.15) is 36.6 Å². The van der Waals surface area contributed by atoms with Crippen molar-refractivity contribution in [1.82, 2.24) is 5.48 Å². The average molecular weight is 208 g/mol. The largest absolute Gasteiger partial charge is 0.385 e. The van der Waals surface area contributed by atoms with E-state index in [9.17, 15) is 5.11 Å². The van der Waals surface area contributed by atoms with Crippen LogP contribution in [0.25, 0.3) is 0 Å². The van der Waals surface area contributed by atoms with Gasteiger partial charge in [0.2, 0.25) is 0 Å². The van der Waals surface area contributed by atoms with Crippen LogP contribution in [0.4, 0.5) is 0 Å². The Labute approximate surface area is 88.7 Å². The van der Waals surface area contributed by atoms with E-state index in [-0.39, 0.29) is 0 Å². The summed E-state index contributed by atoms with van der Waals surface area (Å²) < 4.78 is 0. The first-order valence-corrected chi connectivity index (χ1v) is 5.14. The number of nitrogens with two attached hydrogens (primary N) is 1. The lowest BCUT2D eigenvalue weighted by atomic mass is 9.75. The van der Waals surface area contributed by atoms with Crippen LogP contribution in [0.5, 0.6) is 0 Å². The van der Waals surface area contributed by atoms with Gasteiger partial charge in [-0.2, -0.15) is 5.48 Å². The second-order valence-corrected chi connectivity index (χ2v) is 4.11. The van der Waals surface area contributed by atoms with Crippen molar-refractivity contribution in [1.29, 1.82) is 0 Å². The van der Waals surface area contributed by atoms with E-state index in [1.807, 2.05) is 29.7 Å². The molecule has 1 unspecified atom stereocenters. The Hall–Kier alpha value is -0.940. The summed E-state index contributed by atoms with van der Waals surface area (Å²) >= 11 is 0. The Kier molecular flexibility index (Phi) is 2.75. The van der Waals surface area contributed by atoms with E-state index in [1.54, 1.807) is 0 Å². The van der Waals surface area contributed by atoms with Gasteiger partial charge in [0.15, 0.2) is 0 Å². The molecule has 5 N–H and O–H groups in total. The molecule has 1 atom stereocenters. The van der Waals surface area contributed by atoms with Crippen molar-refractivity contribution in [3.63, 3.8) is 0 Å². The van der Waals surface area contributed by atoms with Crippen molar-refractivity contribution in [3.8, 4) is 0 Å².